The predicted octanol–water partition coefficient (Wildman–Crippen LogP) is 3.98. The Labute approximate surface area is 124 Å². The van der Waals surface area contributed by atoms with E-state index in [0.717, 1.165) is 5.56 Å². The average Bonchev–Trinajstić information content (AvgIpc) is 2.35. The Hall–Kier alpha value is -2.05. The number of nitro benzene ring substituents is 1. The van der Waals surface area contributed by atoms with Gasteiger partial charge < -0.3 is 10.5 Å². The lowest BCUT2D eigenvalue weighted by atomic mass is 10.2. The van der Waals surface area contributed by atoms with E-state index in [4.69, 9.17) is 33.7 Å². The van der Waals surface area contributed by atoms with Crippen LogP contribution < -0.4 is 10.5 Å². The highest BCUT2D eigenvalue weighted by molar-refractivity contribution is 6.36. The van der Waals surface area contributed by atoms with Gasteiger partial charge in [-0.3, -0.25) is 10.1 Å². The molecule has 0 spiro atoms. The summed E-state index contributed by atoms with van der Waals surface area (Å²) < 4.78 is 5.39. The van der Waals surface area contributed by atoms with Gasteiger partial charge in [-0.15, -0.1) is 0 Å². The summed E-state index contributed by atoms with van der Waals surface area (Å²) in [5, 5.41) is 11.2. The predicted molar refractivity (Wildman–Crippen MR) is 76.6 cm³/mol. The quantitative estimate of drug-likeness (QED) is 0.683. The van der Waals surface area contributed by atoms with Gasteiger partial charge in [0.2, 0.25) is 11.6 Å². The number of nitrogens with two attached hydrogens (primary N) is 1. The summed E-state index contributed by atoms with van der Waals surface area (Å²) >= 11 is 11.7. The first kappa shape index (κ1) is 14.4. The third kappa shape index (κ3) is 2.92. The molecule has 0 aliphatic heterocycles. The number of aromatic nitrogens is 1. The van der Waals surface area contributed by atoms with Gasteiger partial charge in [0.15, 0.2) is 0 Å². The Morgan fingerprint density at radius 3 is 2.65 bits per heavy atom. The number of rotatable bonds is 3. The number of hydrogen-bond acceptors (Lipinski definition) is 5. The zero-order valence-electron chi connectivity index (χ0n) is 10.3. The van der Waals surface area contributed by atoms with Crippen molar-refractivity contribution in [3.8, 4) is 11.6 Å². The molecule has 0 aliphatic rings. The highest BCUT2D eigenvalue weighted by Crippen LogP contribution is 2.36. The Bertz CT molecular complexity index is 692. The molecule has 0 saturated carbocycles. The molecule has 0 radical (unpaired) electrons. The zero-order valence-corrected chi connectivity index (χ0v) is 11.8. The minimum absolute atomic E-state index is 0.0290. The van der Waals surface area contributed by atoms with E-state index in [0.29, 0.717) is 0 Å². The first-order valence-corrected chi connectivity index (χ1v) is 6.18. The van der Waals surface area contributed by atoms with E-state index >= 15 is 0 Å². The number of anilines is 1. The molecule has 2 N–H and O–H groups in total. The van der Waals surface area contributed by atoms with Crippen molar-refractivity contribution in [1.82, 2.24) is 4.98 Å². The first-order valence-electron chi connectivity index (χ1n) is 5.43. The third-order valence-corrected chi connectivity index (χ3v) is 3.02. The minimum atomic E-state index is -0.554. The van der Waals surface area contributed by atoms with E-state index in [-0.39, 0.29) is 33.2 Å². The average molecular weight is 314 g/mol. The van der Waals surface area contributed by atoms with Crippen LogP contribution in [0, 0.1) is 17.0 Å². The van der Waals surface area contributed by atoms with Crippen molar-refractivity contribution in [2.45, 2.75) is 6.92 Å². The minimum Gasteiger partial charge on any atom is -0.430 e. The number of nitrogens with zero attached hydrogens (tertiary/aromatic N) is 2. The molecule has 0 amide bonds. The second-order valence-corrected chi connectivity index (χ2v) is 4.79. The molecule has 6 nitrogen and oxygen atoms in total. The van der Waals surface area contributed by atoms with Crippen molar-refractivity contribution in [3.63, 3.8) is 0 Å². The standard InChI is InChI=1S/C12H9Cl2N3O3/c1-6-2-3-9(17(18)19)10(4-6)20-12-8(14)5-7(13)11(15)16-12/h2-5H,1H3,(H2,15,16). The summed E-state index contributed by atoms with van der Waals surface area (Å²) in [6.07, 6.45) is 0. The summed E-state index contributed by atoms with van der Waals surface area (Å²) in [6.45, 7) is 1.78. The highest BCUT2D eigenvalue weighted by atomic mass is 35.5. The van der Waals surface area contributed by atoms with Crippen molar-refractivity contribution in [1.29, 1.82) is 0 Å². The molecule has 0 saturated heterocycles. The maximum Gasteiger partial charge on any atom is 0.311 e. The summed E-state index contributed by atoms with van der Waals surface area (Å²) in [4.78, 5) is 14.3. The van der Waals surface area contributed by atoms with Crippen LogP contribution in [0.5, 0.6) is 11.6 Å². The summed E-state index contributed by atoms with van der Waals surface area (Å²) in [6, 6.07) is 5.83. The SMILES string of the molecule is Cc1ccc([N+](=O)[O-])c(Oc2nc(N)c(Cl)cc2Cl)c1. The number of benzene rings is 1. The number of halogens is 2. The summed E-state index contributed by atoms with van der Waals surface area (Å²) in [5.41, 5.74) is 6.16. The van der Waals surface area contributed by atoms with E-state index in [1.54, 1.807) is 13.0 Å². The molecule has 0 bridgehead atoms. The van der Waals surface area contributed by atoms with Crippen LogP contribution in [0.25, 0.3) is 0 Å². The molecule has 2 aromatic rings. The van der Waals surface area contributed by atoms with Gasteiger partial charge in [-0.2, -0.15) is 4.98 Å². The van der Waals surface area contributed by atoms with E-state index in [1.165, 1.54) is 18.2 Å². The Kier molecular flexibility index (Phi) is 3.96. The van der Waals surface area contributed by atoms with Crippen LogP contribution in [0.3, 0.4) is 0 Å². The maximum atomic E-state index is 11.0. The fourth-order valence-corrected chi connectivity index (χ4v) is 1.89. The van der Waals surface area contributed by atoms with E-state index in [2.05, 4.69) is 4.98 Å². The Balaban J connectivity index is 2.47. The van der Waals surface area contributed by atoms with E-state index in [9.17, 15) is 10.1 Å². The van der Waals surface area contributed by atoms with Crippen LogP contribution in [0.15, 0.2) is 24.3 Å². The van der Waals surface area contributed by atoms with Crippen LogP contribution in [0.1, 0.15) is 5.56 Å². The summed E-state index contributed by atoms with van der Waals surface area (Å²) in [7, 11) is 0. The summed E-state index contributed by atoms with van der Waals surface area (Å²) in [5.74, 6) is 0.0229. The highest BCUT2D eigenvalue weighted by Gasteiger charge is 2.18. The number of nitrogen functional groups attached to an aromatic ring is 1. The largest absolute Gasteiger partial charge is 0.430 e. The second-order valence-electron chi connectivity index (χ2n) is 3.97. The van der Waals surface area contributed by atoms with Crippen molar-refractivity contribution in [2.75, 3.05) is 5.73 Å². The van der Waals surface area contributed by atoms with Gasteiger partial charge in [-0.25, -0.2) is 0 Å². The van der Waals surface area contributed by atoms with Gasteiger partial charge in [0.1, 0.15) is 10.8 Å². The molecule has 2 rings (SSSR count). The van der Waals surface area contributed by atoms with Gasteiger partial charge in [-0.1, -0.05) is 29.3 Å². The number of nitro groups is 1. The molecular formula is C12H9Cl2N3O3. The normalized spacial score (nSPS) is 10.3. The number of aryl methyl sites for hydroxylation is 1. The molecule has 8 heteroatoms. The smallest absolute Gasteiger partial charge is 0.311 e. The van der Waals surface area contributed by atoms with Crippen molar-refractivity contribution in [2.24, 2.45) is 0 Å². The van der Waals surface area contributed by atoms with Crippen molar-refractivity contribution in [3.05, 3.63) is 50.0 Å². The molecule has 0 fully saturated rings. The van der Waals surface area contributed by atoms with Gasteiger partial charge in [0.05, 0.1) is 9.95 Å². The van der Waals surface area contributed by atoms with Crippen molar-refractivity contribution < 1.29 is 9.66 Å². The van der Waals surface area contributed by atoms with Gasteiger partial charge in [0, 0.05) is 6.07 Å². The van der Waals surface area contributed by atoms with Gasteiger partial charge >= 0.3 is 5.69 Å². The first-order chi connectivity index (χ1) is 9.38. The molecule has 104 valence electrons. The lowest BCUT2D eigenvalue weighted by molar-refractivity contribution is -0.385. The Morgan fingerprint density at radius 1 is 1.30 bits per heavy atom. The van der Waals surface area contributed by atoms with Crippen LogP contribution in [-0.2, 0) is 0 Å². The van der Waals surface area contributed by atoms with Gasteiger partial charge in [-0.05, 0) is 24.6 Å². The monoisotopic (exact) mass is 313 g/mol. The number of ether oxygens (including phenoxy) is 1. The van der Waals surface area contributed by atoms with Crippen molar-refractivity contribution >= 4 is 34.7 Å². The molecule has 0 atom stereocenters. The van der Waals surface area contributed by atoms with Crippen LogP contribution in [0.2, 0.25) is 10.0 Å². The molecule has 0 aliphatic carbocycles. The maximum absolute atomic E-state index is 11.0. The molecule has 1 aromatic carbocycles. The van der Waals surface area contributed by atoms with Crippen LogP contribution >= 0.6 is 23.2 Å². The molecule has 1 aromatic heterocycles. The number of hydrogen-bond donors (Lipinski definition) is 1. The zero-order chi connectivity index (χ0) is 14.9. The molecule has 20 heavy (non-hydrogen) atoms. The molecule has 0 unspecified atom stereocenters. The lowest BCUT2D eigenvalue weighted by Gasteiger charge is -2.09. The Morgan fingerprint density at radius 2 is 2.00 bits per heavy atom. The third-order valence-electron chi connectivity index (χ3n) is 2.44. The number of pyridine rings is 1. The van der Waals surface area contributed by atoms with Crippen LogP contribution in [-0.4, -0.2) is 9.91 Å². The lowest BCUT2D eigenvalue weighted by Crippen LogP contribution is -1.98. The fraction of sp³-hybridized carbons (Fsp3) is 0.0833. The van der Waals surface area contributed by atoms with Crippen LogP contribution in [0.4, 0.5) is 11.5 Å². The molecule has 1 heterocycles. The van der Waals surface area contributed by atoms with E-state index < -0.39 is 4.92 Å². The second kappa shape index (κ2) is 5.52. The van der Waals surface area contributed by atoms with Gasteiger partial charge in [0.25, 0.3) is 0 Å². The van der Waals surface area contributed by atoms with E-state index in [1.807, 2.05) is 0 Å². The fourth-order valence-electron chi connectivity index (χ4n) is 1.49. The topological polar surface area (TPSA) is 91.3 Å². The molecular weight excluding hydrogens is 305 g/mol.